The molecule has 0 unspecified atom stereocenters. The van der Waals surface area contributed by atoms with Crippen LogP contribution in [0.1, 0.15) is 12.0 Å². The quantitative estimate of drug-likeness (QED) is 0.866. The molecule has 1 rings (SSSR count). The Balaban J connectivity index is 2.60. The summed E-state index contributed by atoms with van der Waals surface area (Å²) in [5, 5.41) is 0. The highest BCUT2D eigenvalue weighted by atomic mass is 79.9. The number of nitrogens with two attached hydrogens (primary N) is 1. The molecule has 0 bridgehead atoms. The molecule has 0 radical (unpaired) electrons. The molecule has 0 fully saturated rings. The second-order valence-electron chi connectivity index (χ2n) is 3.52. The van der Waals surface area contributed by atoms with Crippen LogP contribution in [-0.4, -0.2) is 22.8 Å². The highest BCUT2D eigenvalue weighted by molar-refractivity contribution is 9.10. The molecule has 5 heteroatoms. The van der Waals surface area contributed by atoms with Gasteiger partial charge in [0.2, 0.25) is 5.91 Å². The van der Waals surface area contributed by atoms with Crippen LogP contribution in [0.2, 0.25) is 0 Å². The first-order valence-corrected chi connectivity index (χ1v) is 5.96. The molecule has 0 saturated carbocycles. The van der Waals surface area contributed by atoms with Crippen molar-refractivity contribution < 1.29 is 4.79 Å². The first kappa shape index (κ1) is 13.1. The third kappa shape index (κ3) is 4.28. The second-order valence-corrected chi connectivity index (χ2v) is 4.96. The summed E-state index contributed by atoms with van der Waals surface area (Å²) in [5.41, 5.74) is 6.39. The molecule has 0 heterocycles. The van der Waals surface area contributed by atoms with E-state index in [1.54, 1.807) is 11.9 Å². The van der Waals surface area contributed by atoms with Gasteiger partial charge in [0.05, 0.1) is 11.4 Å². The van der Waals surface area contributed by atoms with Crippen molar-refractivity contribution in [3.8, 4) is 0 Å². The summed E-state index contributed by atoms with van der Waals surface area (Å²) in [6.45, 7) is 0.556. The second kappa shape index (κ2) is 5.96. The molecule has 0 saturated heterocycles. The number of halogens is 1. The molecule has 0 aliphatic heterocycles. The van der Waals surface area contributed by atoms with E-state index in [-0.39, 0.29) is 17.3 Å². The Morgan fingerprint density at radius 3 is 2.81 bits per heavy atom. The van der Waals surface area contributed by atoms with E-state index < -0.39 is 0 Å². The van der Waals surface area contributed by atoms with Gasteiger partial charge in [-0.3, -0.25) is 4.79 Å². The number of rotatable bonds is 4. The van der Waals surface area contributed by atoms with Gasteiger partial charge in [0.25, 0.3) is 0 Å². The predicted octanol–water partition coefficient (Wildman–Crippen LogP) is 2.08. The number of carbonyl (C=O) groups is 1. The number of benzene rings is 1. The first-order chi connectivity index (χ1) is 7.49. The molecular weight excluding hydrogens is 288 g/mol. The molecule has 0 spiro atoms. The smallest absolute Gasteiger partial charge is 0.229 e. The van der Waals surface area contributed by atoms with E-state index in [2.05, 4.69) is 15.9 Å². The number of amides is 1. The van der Waals surface area contributed by atoms with Gasteiger partial charge in [-0.15, -0.1) is 0 Å². The maximum atomic E-state index is 11.6. The first-order valence-electron chi connectivity index (χ1n) is 4.75. The molecule has 16 heavy (non-hydrogen) atoms. The molecule has 0 atom stereocenters. The zero-order valence-corrected chi connectivity index (χ0v) is 11.3. The largest absolute Gasteiger partial charge is 0.393 e. The zero-order valence-electron chi connectivity index (χ0n) is 8.94. The molecule has 3 nitrogen and oxygen atoms in total. The maximum absolute atomic E-state index is 11.6. The molecule has 2 N–H and O–H groups in total. The van der Waals surface area contributed by atoms with Gasteiger partial charge in [0.1, 0.15) is 0 Å². The average Bonchev–Trinajstić information content (AvgIpc) is 2.16. The number of thiocarbonyl (C=S) groups is 1. The maximum Gasteiger partial charge on any atom is 0.229 e. The fourth-order valence-electron chi connectivity index (χ4n) is 1.28. The molecule has 0 aliphatic carbocycles. The lowest BCUT2D eigenvalue weighted by molar-refractivity contribution is -0.129. The lowest BCUT2D eigenvalue weighted by Gasteiger charge is -2.17. The summed E-state index contributed by atoms with van der Waals surface area (Å²) in [4.78, 5) is 13.4. The van der Waals surface area contributed by atoms with E-state index in [1.807, 2.05) is 24.3 Å². The minimum Gasteiger partial charge on any atom is -0.393 e. The zero-order chi connectivity index (χ0) is 12.1. The van der Waals surface area contributed by atoms with Crippen molar-refractivity contribution in [2.24, 2.45) is 5.73 Å². The lowest BCUT2D eigenvalue weighted by Crippen LogP contribution is -2.29. The number of hydrogen-bond donors (Lipinski definition) is 1. The van der Waals surface area contributed by atoms with Gasteiger partial charge in [-0.05, 0) is 17.7 Å². The van der Waals surface area contributed by atoms with Gasteiger partial charge in [-0.2, -0.15) is 0 Å². The lowest BCUT2D eigenvalue weighted by atomic mass is 10.2. The minimum atomic E-state index is -0.0625. The van der Waals surface area contributed by atoms with E-state index in [1.165, 1.54) is 0 Å². The van der Waals surface area contributed by atoms with Crippen molar-refractivity contribution in [1.29, 1.82) is 0 Å². The van der Waals surface area contributed by atoms with Crippen molar-refractivity contribution in [1.82, 2.24) is 4.90 Å². The Morgan fingerprint density at radius 2 is 2.25 bits per heavy atom. The number of carbonyl (C=O) groups excluding carboxylic acids is 1. The van der Waals surface area contributed by atoms with Gasteiger partial charge in [-0.1, -0.05) is 40.3 Å². The standard InChI is InChI=1S/C11H13BrN2OS/c1-14(11(15)6-10(13)16)7-8-3-2-4-9(12)5-8/h2-5H,6-7H2,1H3,(H2,13,16). The molecular formula is C11H13BrN2OS. The normalized spacial score (nSPS) is 9.88. The Kier molecular flexibility index (Phi) is 4.89. The summed E-state index contributed by atoms with van der Waals surface area (Å²) in [6, 6.07) is 7.82. The Bertz CT molecular complexity index is 409. The summed E-state index contributed by atoms with van der Waals surface area (Å²) in [7, 11) is 1.74. The third-order valence-electron chi connectivity index (χ3n) is 2.06. The Hall–Kier alpha value is -0.940. The van der Waals surface area contributed by atoms with E-state index in [0.29, 0.717) is 6.54 Å². The van der Waals surface area contributed by atoms with Gasteiger partial charge in [0, 0.05) is 18.1 Å². The third-order valence-corrected chi connectivity index (χ3v) is 2.70. The fraction of sp³-hybridized carbons (Fsp3) is 0.273. The molecule has 1 aromatic rings. The SMILES string of the molecule is CN(Cc1cccc(Br)c1)C(=O)CC(N)=S. The van der Waals surface area contributed by atoms with Crippen molar-refractivity contribution in [2.45, 2.75) is 13.0 Å². The predicted molar refractivity (Wildman–Crippen MR) is 72.0 cm³/mol. The van der Waals surface area contributed by atoms with E-state index in [4.69, 9.17) is 18.0 Å². The summed E-state index contributed by atoms with van der Waals surface area (Å²) in [6.07, 6.45) is 0.125. The molecule has 0 aromatic heterocycles. The molecule has 0 aliphatic rings. The van der Waals surface area contributed by atoms with Crippen LogP contribution in [0.5, 0.6) is 0 Å². The van der Waals surface area contributed by atoms with Crippen LogP contribution in [0.15, 0.2) is 28.7 Å². The Morgan fingerprint density at radius 1 is 1.56 bits per heavy atom. The average molecular weight is 301 g/mol. The van der Waals surface area contributed by atoms with Crippen LogP contribution in [0.3, 0.4) is 0 Å². The molecule has 1 aromatic carbocycles. The summed E-state index contributed by atoms with van der Waals surface area (Å²) >= 11 is 8.08. The van der Waals surface area contributed by atoms with Crippen LogP contribution < -0.4 is 5.73 Å². The molecule has 86 valence electrons. The van der Waals surface area contributed by atoms with E-state index >= 15 is 0 Å². The highest BCUT2D eigenvalue weighted by Gasteiger charge is 2.10. The van der Waals surface area contributed by atoms with Gasteiger partial charge < -0.3 is 10.6 Å². The van der Waals surface area contributed by atoms with E-state index in [9.17, 15) is 4.79 Å². The van der Waals surface area contributed by atoms with Crippen molar-refractivity contribution in [3.63, 3.8) is 0 Å². The van der Waals surface area contributed by atoms with Crippen LogP contribution in [-0.2, 0) is 11.3 Å². The van der Waals surface area contributed by atoms with Crippen molar-refractivity contribution >= 4 is 39.0 Å². The summed E-state index contributed by atoms with van der Waals surface area (Å²) < 4.78 is 1.00. The van der Waals surface area contributed by atoms with Crippen LogP contribution >= 0.6 is 28.1 Å². The van der Waals surface area contributed by atoms with Crippen LogP contribution in [0.4, 0.5) is 0 Å². The number of nitrogens with zero attached hydrogens (tertiary/aromatic N) is 1. The highest BCUT2D eigenvalue weighted by Crippen LogP contribution is 2.13. The van der Waals surface area contributed by atoms with Crippen LogP contribution in [0.25, 0.3) is 0 Å². The minimum absolute atomic E-state index is 0.0625. The Labute approximate surface area is 109 Å². The molecule has 1 amide bonds. The van der Waals surface area contributed by atoms with E-state index in [0.717, 1.165) is 10.0 Å². The summed E-state index contributed by atoms with van der Waals surface area (Å²) in [5.74, 6) is -0.0625. The van der Waals surface area contributed by atoms with Crippen molar-refractivity contribution in [3.05, 3.63) is 34.3 Å². The van der Waals surface area contributed by atoms with Crippen LogP contribution in [0, 0.1) is 0 Å². The van der Waals surface area contributed by atoms with Gasteiger partial charge >= 0.3 is 0 Å². The number of hydrogen-bond acceptors (Lipinski definition) is 2. The topological polar surface area (TPSA) is 46.3 Å². The van der Waals surface area contributed by atoms with Gasteiger partial charge in [0.15, 0.2) is 0 Å². The van der Waals surface area contributed by atoms with Gasteiger partial charge in [-0.25, -0.2) is 0 Å². The van der Waals surface area contributed by atoms with Crippen molar-refractivity contribution in [2.75, 3.05) is 7.05 Å². The fourth-order valence-corrected chi connectivity index (χ4v) is 1.85. The monoisotopic (exact) mass is 300 g/mol.